The largest absolute Gasteiger partial charge is 0.246 e. The molecule has 0 spiro atoms. The van der Waals surface area contributed by atoms with Gasteiger partial charge in [-0.1, -0.05) is 13.8 Å². The Hall–Kier alpha value is -0.580. The highest BCUT2D eigenvalue weighted by Gasteiger charge is 2.29. The molecule has 0 aromatic rings. The van der Waals surface area contributed by atoms with Crippen LogP contribution in [0.4, 0.5) is 4.39 Å². The zero-order valence-electron chi connectivity index (χ0n) is 7.76. The first-order chi connectivity index (χ1) is 5.63. The Balaban J connectivity index is 2.62. The van der Waals surface area contributed by atoms with E-state index in [-0.39, 0.29) is 5.92 Å². The van der Waals surface area contributed by atoms with E-state index in [0.29, 0.717) is 18.3 Å². The Labute approximate surface area is 73.6 Å². The van der Waals surface area contributed by atoms with Crippen molar-refractivity contribution >= 4 is 0 Å². The molecule has 1 fully saturated rings. The van der Waals surface area contributed by atoms with Gasteiger partial charge in [-0.15, -0.1) is 0 Å². The second-order valence-corrected chi connectivity index (χ2v) is 4.17. The van der Waals surface area contributed by atoms with Gasteiger partial charge in [0.25, 0.3) is 0 Å². The topological polar surface area (TPSA) is 23.8 Å². The first-order valence-corrected chi connectivity index (χ1v) is 4.67. The minimum Gasteiger partial charge on any atom is -0.246 e. The van der Waals surface area contributed by atoms with Crippen LogP contribution in [-0.2, 0) is 0 Å². The Morgan fingerprint density at radius 2 is 1.75 bits per heavy atom. The van der Waals surface area contributed by atoms with E-state index >= 15 is 0 Å². The van der Waals surface area contributed by atoms with Crippen LogP contribution < -0.4 is 0 Å². The fraction of sp³-hybridized carbons (Fsp3) is 0.900. The lowest BCUT2D eigenvalue weighted by atomic mass is 9.94. The van der Waals surface area contributed by atoms with Crippen LogP contribution in [0.2, 0.25) is 0 Å². The molecule has 0 saturated heterocycles. The van der Waals surface area contributed by atoms with E-state index in [1.165, 1.54) is 0 Å². The molecule has 4 unspecified atom stereocenters. The van der Waals surface area contributed by atoms with Gasteiger partial charge in [-0.25, -0.2) is 4.39 Å². The van der Waals surface area contributed by atoms with Gasteiger partial charge in [-0.3, -0.25) is 0 Å². The normalized spacial score (nSPS) is 43.2. The maximum atomic E-state index is 13.3. The SMILES string of the molecule is CC1CC(C)CC(C#N)C(F)C1. The van der Waals surface area contributed by atoms with Crippen molar-refractivity contribution in [3.63, 3.8) is 0 Å². The van der Waals surface area contributed by atoms with Gasteiger partial charge in [0.15, 0.2) is 0 Å². The summed E-state index contributed by atoms with van der Waals surface area (Å²) in [5.41, 5.74) is 0. The third kappa shape index (κ3) is 2.20. The summed E-state index contributed by atoms with van der Waals surface area (Å²) in [4.78, 5) is 0. The van der Waals surface area contributed by atoms with Crippen molar-refractivity contribution in [3.8, 4) is 6.07 Å². The van der Waals surface area contributed by atoms with Crippen molar-refractivity contribution < 1.29 is 4.39 Å². The van der Waals surface area contributed by atoms with Crippen LogP contribution in [0, 0.1) is 29.1 Å². The number of nitrogens with zero attached hydrogens (tertiary/aromatic N) is 1. The number of nitriles is 1. The fourth-order valence-corrected chi connectivity index (χ4v) is 2.14. The zero-order valence-corrected chi connectivity index (χ0v) is 7.76. The molecule has 1 rings (SSSR count). The molecule has 0 amide bonds. The van der Waals surface area contributed by atoms with Crippen molar-refractivity contribution in [2.45, 2.75) is 39.3 Å². The predicted octanol–water partition coefficient (Wildman–Crippen LogP) is 2.92. The fourth-order valence-electron chi connectivity index (χ4n) is 2.14. The average Bonchev–Trinajstić information content (AvgIpc) is 2.09. The Morgan fingerprint density at radius 1 is 1.17 bits per heavy atom. The Morgan fingerprint density at radius 3 is 2.33 bits per heavy atom. The molecule has 1 saturated carbocycles. The molecular formula is C10H16FN. The molecule has 2 heteroatoms. The zero-order chi connectivity index (χ0) is 9.14. The van der Waals surface area contributed by atoms with Gasteiger partial charge in [-0.2, -0.15) is 5.26 Å². The van der Waals surface area contributed by atoms with Gasteiger partial charge in [0.05, 0.1) is 12.0 Å². The van der Waals surface area contributed by atoms with Crippen LogP contribution >= 0.6 is 0 Å². The van der Waals surface area contributed by atoms with E-state index in [1.807, 2.05) is 0 Å². The van der Waals surface area contributed by atoms with Crippen LogP contribution in [0.3, 0.4) is 0 Å². The summed E-state index contributed by atoms with van der Waals surface area (Å²) in [7, 11) is 0. The molecule has 1 aliphatic carbocycles. The molecule has 0 aromatic heterocycles. The summed E-state index contributed by atoms with van der Waals surface area (Å²) >= 11 is 0. The van der Waals surface area contributed by atoms with Crippen molar-refractivity contribution in [1.29, 1.82) is 5.26 Å². The lowest BCUT2D eigenvalue weighted by Gasteiger charge is -2.11. The first-order valence-electron chi connectivity index (χ1n) is 4.67. The predicted molar refractivity (Wildman–Crippen MR) is 46.2 cm³/mol. The van der Waals surface area contributed by atoms with Crippen LogP contribution in [0.15, 0.2) is 0 Å². The number of hydrogen-bond acceptors (Lipinski definition) is 1. The number of rotatable bonds is 0. The molecule has 12 heavy (non-hydrogen) atoms. The molecule has 0 radical (unpaired) electrons. The molecule has 0 bridgehead atoms. The van der Waals surface area contributed by atoms with Crippen molar-refractivity contribution in [3.05, 3.63) is 0 Å². The summed E-state index contributed by atoms with van der Waals surface area (Å²) in [5, 5.41) is 8.70. The van der Waals surface area contributed by atoms with Gasteiger partial charge in [0, 0.05) is 0 Å². The molecule has 68 valence electrons. The monoisotopic (exact) mass is 169 g/mol. The van der Waals surface area contributed by atoms with E-state index in [1.54, 1.807) is 0 Å². The van der Waals surface area contributed by atoms with Gasteiger partial charge in [0.2, 0.25) is 0 Å². The Bertz CT molecular complexity index is 185. The molecule has 1 aliphatic rings. The second-order valence-electron chi connectivity index (χ2n) is 4.17. The maximum absolute atomic E-state index is 13.3. The second kappa shape index (κ2) is 3.89. The maximum Gasteiger partial charge on any atom is 0.116 e. The number of alkyl halides is 1. The standard InChI is InChI=1S/C10H16FN/c1-7-3-8(2)5-10(11)9(4-7)6-12/h7-10H,3-5H2,1-2H3. The summed E-state index contributed by atoms with van der Waals surface area (Å²) in [6.07, 6.45) is 1.48. The molecule has 1 nitrogen and oxygen atoms in total. The molecule has 0 aliphatic heterocycles. The summed E-state index contributed by atoms with van der Waals surface area (Å²) in [6, 6.07) is 2.07. The summed E-state index contributed by atoms with van der Waals surface area (Å²) in [6.45, 7) is 4.18. The smallest absolute Gasteiger partial charge is 0.116 e. The van der Waals surface area contributed by atoms with E-state index in [2.05, 4.69) is 19.9 Å². The highest BCUT2D eigenvalue weighted by molar-refractivity contribution is 4.92. The minimum atomic E-state index is -0.894. The van der Waals surface area contributed by atoms with Crippen LogP contribution in [0.25, 0.3) is 0 Å². The van der Waals surface area contributed by atoms with Gasteiger partial charge in [0.1, 0.15) is 6.17 Å². The van der Waals surface area contributed by atoms with Crippen LogP contribution in [0.1, 0.15) is 33.1 Å². The van der Waals surface area contributed by atoms with E-state index in [0.717, 1.165) is 12.8 Å². The van der Waals surface area contributed by atoms with E-state index in [4.69, 9.17) is 5.26 Å². The van der Waals surface area contributed by atoms with Crippen molar-refractivity contribution in [2.75, 3.05) is 0 Å². The Kier molecular flexibility index (Phi) is 3.08. The lowest BCUT2D eigenvalue weighted by Crippen LogP contribution is -2.14. The highest BCUT2D eigenvalue weighted by Crippen LogP contribution is 2.32. The van der Waals surface area contributed by atoms with Gasteiger partial charge >= 0.3 is 0 Å². The molecule has 0 aromatic carbocycles. The average molecular weight is 169 g/mol. The number of halogens is 1. The third-order valence-corrected chi connectivity index (χ3v) is 2.69. The molecule has 0 heterocycles. The van der Waals surface area contributed by atoms with Gasteiger partial charge in [-0.05, 0) is 31.1 Å². The van der Waals surface area contributed by atoms with E-state index in [9.17, 15) is 4.39 Å². The highest BCUT2D eigenvalue weighted by atomic mass is 19.1. The van der Waals surface area contributed by atoms with Crippen molar-refractivity contribution in [1.82, 2.24) is 0 Å². The number of hydrogen-bond donors (Lipinski definition) is 0. The molecule has 4 atom stereocenters. The van der Waals surface area contributed by atoms with Crippen LogP contribution in [0.5, 0.6) is 0 Å². The van der Waals surface area contributed by atoms with Crippen LogP contribution in [-0.4, -0.2) is 6.17 Å². The summed E-state index contributed by atoms with van der Waals surface area (Å²) < 4.78 is 13.3. The molecule has 0 N–H and O–H groups in total. The van der Waals surface area contributed by atoms with Gasteiger partial charge < -0.3 is 0 Å². The molecular weight excluding hydrogens is 153 g/mol. The quantitative estimate of drug-likeness (QED) is 0.511. The minimum absolute atomic E-state index is 0.357. The van der Waals surface area contributed by atoms with Crippen molar-refractivity contribution in [2.24, 2.45) is 17.8 Å². The third-order valence-electron chi connectivity index (χ3n) is 2.69. The lowest BCUT2D eigenvalue weighted by molar-refractivity contribution is 0.234. The van der Waals surface area contributed by atoms with E-state index < -0.39 is 6.17 Å². The first kappa shape index (κ1) is 9.51. The summed E-state index contributed by atoms with van der Waals surface area (Å²) in [5.74, 6) is 0.587.